The molecule has 2 aromatic rings. The first-order valence-electron chi connectivity index (χ1n) is 7.58. The summed E-state index contributed by atoms with van der Waals surface area (Å²) in [7, 11) is 1.75. The second-order valence-electron chi connectivity index (χ2n) is 5.35. The van der Waals surface area contributed by atoms with E-state index in [1.54, 1.807) is 7.11 Å². The molecule has 0 aliphatic heterocycles. The van der Waals surface area contributed by atoms with E-state index < -0.39 is 0 Å². The minimum Gasteiger partial charge on any atom is -0.385 e. The molecule has 0 fully saturated rings. The number of nitrogens with one attached hydrogen (secondary N) is 1. The van der Waals surface area contributed by atoms with Crippen LogP contribution in [0.3, 0.4) is 0 Å². The molecule has 0 aliphatic rings. The number of benzene rings is 1. The molecule has 1 aromatic heterocycles. The molecule has 4 heteroatoms. The average Bonchev–Trinajstić information content (AvgIpc) is 3.00. The number of hydrogen-bond donors (Lipinski definition) is 1. The van der Waals surface area contributed by atoms with Gasteiger partial charge in [-0.3, -0.25) is 0 Å². The van der Waals surface area contributed by atoms with Gasteiger partial charge in [-0.15, -0.1) is 0 Å². The van der Waals surface area contributed by atoms with Gasteiger partial charge in [-0.2, -0.15) is 5.10 Å². The highest BCUT2D eigenvalue weighted by Gasteiger charge is 2.20. The number of ether oxygens (including phenoxy) is 1. The van der Waals surface area contributed by atoms with Crippen molar-refractivity contribution in [2.45, 2.75) is 26.3 Å². The molecule has 1 heterocycles. The zero-order chi connectivity index (χ0) is 15.1. The second-order valence-corrected chi connectivity index (χ2v) is 5.35. The molecule has 0 bridgehead atoms. The van der Waals surface area contributed by atoms with Gasteiger partial charge in [0.1, 0.15) is 0 Å². The first-order valence-corrected chi connectivity index (χ1v) is 7.58. The molecule has 0 saturated carbocycles. The van der Waals surface area contributed by atoms with Crippen molar-refractivity contribution in [3.05, 3.63) is 48.3 Å². The summed E-state index contributed by atoms with van der Waals surface area (Å²) in [5, 5.41) is 8.06. The van der Waals surface area contributed by atoms with Crippen molar-refractivity contribution in [3.63, 3.8) is 0 Å². The van der Waals surface area contributed by atoms with Crippen LogP contribution in [0.5, 0.6) is 0 Å². The fourth-order valence-corrected chi connectivity index (χ4v) is 2.56. The van der Waals surface area contributed by atoms with E-state index in [1.165, 1.54) is 5.56 Å². The molecule has 0 spiro atoms. The van der Waals surface area contributed by atoms with Gasteiger partial charge in [-0.1, -0.05) is 32.0 Å². The van der Waals surface area contributed by atoms with Gasteiger partial charge in [-0.25, -0.2) is 4.68 Å². The van der Waals surface area contributed by atoms with Gasteiger partial charge in [0.15, 0.2) is 0 Å². The van der Waals surface area contributed by atoms with Crippen molar-refractivity contribution in [1.29, 1.82) is 0 Å². The Morgan fingerprint density at radius 2 is 2.05 bits per heavy atom. The summed E-state index contributed by atoms with van der Waals surface area (Å²) in [6, 6.07) is 10.5. The molecule has 0 amide bonds. The lowest BCUT2D eigenvalue weighted by molar-refractivity contribution is 0.170. The van der Waals surface area contributed by atoms with E-state index in [0.717, 1.165) is 25.3 Å². The molecule has 0 aliphatic carbocycles. The Labute approximate surface area is 127 Å². The Bertz CT molecular complexity index is 524. The summed E-state index contributed by atoms with van der Waals surface area (Å²) in [6.45, 7) is 6.12. The normalized spacial score (nSPS) is 14.0. The van der Waals surface area contributed by atoms with Crippen LogP contribution in [0.2, 0.25) is 0 Å². The molecule has 114 valence electrons. The highest BCUT2D eigenvalue weighted by Crippen LogP contribution is 2.25. The monoisotopic (exact) mass is 287 g/mol. The smallest absolute Gasteiger partial charge is 0.0645 e. The minimum atomic E-state index is 0.308. The SMILES string of the molecule is CCNC(c1cnn(-c2ccccc2)c1)C(C)CCOC. The summed E-state index contributed by atoms with van der Waals surface area (Å²) in [6.07, 6.45) is 5.11. The lowest BCUT2D eigenvalue weighted by Gasteiger charge is -2.23. The van der Waals surface area contributed by atoms with Crippen LogP contribution in [-0.4, -0.2) is 30.0 Å². The quantitative estimate of drug-likeness (QED) is 0.810. The molecule has 2 atom stereocenters. The van der Waals surface area contributed by atoms with Crippen LogP contribution in [0.25, 0.3) is 5.69 Å². The Morgan fingerprint density at radius 3 is 2.71 bits per heavy atom. The molecule has 1 aromatic carbocycles. The topological polar surface area (TPSA) is 39.1 Å². The lowest BCUT2D eigenvalue weighted by Crippen LogP contribution is -2.27. The van der Waals surface area contributed by atoms with Gasteiger partial charge >= 0.3 is 0 Å². The molecule has 2 unspecified atom stereocenters. The van der Waals surface area contributed by atoms with Gasteiger partial charge in [0.2, 0.25) is 0 Å². The first kappa shape index (κ1) is 15.7. The van der Waals surface area contributed by atoms with E-state index in [0.29, 0.717) is 12.0 Å². The van der Waals surface area contributed by atoms with Gasteiger partial charge in [-0.05, 0) is 31.0 Å². The second kappa shape index (κ2) is 7.96. The van der Waals surface area contributed by atoms with Crippen LogP contribution in [0, 0.1) is 5.92 Å². The minimum absolute atomic E-state index is 0.308. The Kier molecular flexibility index (Phi) is 5.96. The number of nitrogens with zero attached hydrogens (tertiary/aromatic N) is 2. The molecule has 4 nitrogen and oxygen atoms in total. The third-order valence-corrected chi connectivity index (χ3v) is 3.75. The first-order chi connectivity index (χ1) is 10.3. The van der Waals surface area contributed by atoms with Crippen molar-refractivity contribution in [1.82, 2.24) is 15.1 Å². The van der Waals surface area contributed by atoms with Crippen molar-refractivity contribution in [2.75, 3.05) is 20.3 Å². The number of hydrogen-bond acceptors (Lipinski definition) is 3. The molecule has 1 N–H and O–H groups in total. The van der Waals surface area contributed by atoms with Gasteiger partial charge in [0, 0.05) is 31.5 Å². The van der Waals surface area contributed by atoms with Gasteiger partial charge in [0.05, 0.1) is 11.9 Å². The van der Waals surface area contributed by atoms with Crippen LogP contribution in [0.4, 0.5) is 0 Å². The number of methoxy groups -OCH3 is 1. The Balaban J connectivity index is 2.15. The van der Waals surface area contributed by atoms with Gasteiger partial charge in [0.25, 0.3) is 0 Å². The van der Waals surface area contributed by atoms with E-state index in [1.807, 2.05) is 29.1 Å². The largest absolute Gasteiger partial charge is 0.385 e. The summed E-state index contributed by atoms with van der Waals surface area (Å²) in [5.41, 5.74) is 2.31. The summed E-state index contributed by atoms with van der Waals surface area (Å²) < 4.78 is 7.14. The standard InChI is InChI=1S/C17H25N3O/c1-4-18-17(14(2)10-11-21-3)15-12-19-20(13-15)16-8-6-5-7-9-16/h5-9,12-14,17-18H,4,10-11H2,1-3H3. The van der Waals surface area contributed by atoms with Crippen LogP contribution < -0.4 is 5.32 Å². The highest BCUT2D eigenvalue weighted by atomic mass is 16.5. The van der Waals surface area contributed by atoms with Gasteiger partial charge < -0.3 is 10.1 Å². The third-order valence-electron chi connectivity index (χ3n) is 3.75. The van der Waals surface area contributed by atoms with Crippen molar-refractivity contribution >= 4 is 0 Å². The van der Waals surface area contributed by atoms with E-state index >= 15 is 0 Å². The lowest BCUT2D eigenvalue weighted by atomic mass is 9.94. The maximum absolute atomic E-state index is 5.20. The maximum atomic E-state index is 5.20. The van der Waals surface area contributed by atoms with Crippen molar-refractivity contribution in [3.8, 4) is 5.69 Å². The average molecular weight is 287 g/mol. The van der Waals surface area contributed by atoms with Crippen LogP contribution in [-0.2, 0) is 4.74 Å². The predicted molar refractivity (Wildman–Crippen MR) is 85.6 cm³/mol. The summed E-state index contributed by atoms with van der Waals surface area (Å²) in [5.74, 6) is 0.498. The predicted octanol–water partition coefficient (Wildman–Crippen LogP) is 3.20. The highest BCUT2D eigenvalue weighted by molar-refractivity contribution is 5.31. The molecule has 0 saturated heterocycles. The maximum Gasteiger partial charge on any atom is 0.0645 e. The third kappa shape index (κ3) is 4.16. The van der Waals surface area contributed by atoms with Crippen LogP contribution >= 0.6 is 0 Å². The van der Waals surface area contributed by atoms with Crippen LogP contribution in [0.1, 0.15) is 31.9 Å². The zero-order valence-electron chi connectivity index (χ0n) is 13.1. The number of para-hydroxylation sites is 1. The molecule has 0 radical (unpaired) electrons. The number of rotatable bonds is 8. The van der Waals surface area contributed by atoms with E-state index in [2.05, 4.69) is 42.6 Å². The zero-order valence-corrected chi connectivity index (χ0v) is 13.1. The molecular formula is C17H25N3O. The van der Waals surface area contributed by atoms with Crippen molar-refractivity contribution in [2.24, 2.45) is 5.92 Å². The van der Waals surface area contributed by atoms with E-state index in [4.69, 9.17) is 4.74 Å². The Hall–Kier alpha value is -1.65. The van der Waals surface area contributed by atoms with Crippen molar-refractivity contribution < 1.29 is 4.74 Å². The van der Waals surface area contributed by atoms with E-state index in [9.17, 15) is 0 Å². The fraction of sp³-hybridized carbons (Fsp3) is 0.471. The molecule has 21 heavy (non-hydrogen) atoms. The molecular weight excluding hydrogens is 262 g/mol. The molecule has 2 rings (SSSR count). The Morgan fingerprint density at radius 1 is 1.29 bits per heavy atom. The number of aromatic nitrogens is 2. The summed E-state index contributed by atoms with van der Waals surface area (Å²) in [4.78, 5) is 0. The summed E-state index contributed by atoms with van der Waals surface area (Å²) >= 11 is 0. The van der Waals surface area contributed by atoms with Crippen LogP contribution in [0.15, 0.2) is 42.7 Å². The fourth-order valence-electron chi connectivity index (χ4n) is 2.56. The van der Waals surface area contributed by atoms with E-state index in [-0.39, 0.29) is 0 Å².